The SMILES string of the molecule is BNCN(C)CN(C)COB. The molecule has 1 N–H and O–H groups in total. The fraction of sp³-hybridized carbons (Fsp3) is 1.00. The molecule has 0 aliphatic carbocycles. The lowest BCUT2D eigenvalue weighted by molar-refractivity contribution is 0.102. The van der Waals surface area contributed by atoms with E-state index in [1.54, 1.807) is 8.05 Å². The minimum absolute atomic E-state index is 0.675. The number of hydrogen-bond acceptors (Lipinski definition) is 4. The third-order valence-electron chi connectivity index (χ3n) is 1.26. The highest BCUT2D eigenvalue weighted by Crippen LogP contribution is 1.85. The summed E-state index contributed by atoms with van der Waals surface area (Å²) >= 11 is 0. The number of nitrogens with zero attached hydrogens (tertiary/aromatic N) is 2. The van der Waals surface area contributed by atoms with Crippen molar-refractivity contribution in [2.24, 2.45) is 0 Å². The molecule has 0 amide bonds. The molecule has 0 aromatic carbocycles. The molecule has 0 spiro atoms. The summed E-state index contributed by atoms with van der Waals surface area (Å²) in [6, 6.07) is 0. The van der Waals surface area contributed by atoms with E-state index in [4.69, 9.17) is 4.65 Å². The quantitative estimate of drug-likeness (QED) is 0.338. The van der Waals surface area contributed by atoms with E-state index in [0.29, 0.717) is 6.73 Å². The zero-order chi connectivity index (χ0) is 8.69. The third-order valence-corrected chi connectivity index (χ3v) is 1.26. The van der Waals surface area contributed by atoms with E-state index < -0.39 is 0 Å². The Labute approximate surface area is 70.7 Å². The largest absolute Gasteiger partial charge is 0.432 e. The van der Waals surface area contributed by atoms with E-state index in [-0.39, 0.29) is 0 Å². The van der Waals surface area contributed by atoms with Crippen molar-refractivity contribution in [1.82, 2.24) is 15.0 Å². The van der Waals surface area contributed by atoms with Gasteiger partial charge in [0.2, 0.25) is 0 Å². The normalized spacial score (nSPS) is 11.3. The molecule has 0 aromatic heterocycles. The van der Waals surface area contributed by atoms with E-state index in [2.05, 4.69) is 22.1 Å². The Morgan fingerprint density at radius 2 is 2.00 bits per heavy atom. The van der Waals surface area contributed by atoms with Gasteiger partial charge in [-0.15, -0.1) is 0 Å². The third kappa shape index (κ3) is 6.37. The molecule has 6 heteroatoms. The van der Waals surface area contributed by atoms with Crippen molar-refractivity contribution in [2.75, 3.05) is 34.2 Å². The summed E-state index contributed by atoms with van der Waals surface area (Å²) in [5.41, 5.74) is 0. The van der Waals surface area contributed by atoms with Gasteiger partial charge in [0.25, 0.3) is 8.05 Å². The van der Waals surface area contributed by atoms with Crippen LogP contribution in [-0.2, 0) is 4.65 Å². The monoisotopic (exact) mass is 157 g/mol. The highest BCUT2D eigenvalue weighted by atomic mass is 16.4. The maximum atomic E-state index is 4.96. The number of rotatable bonds is 6. The molecule has 0 heterocycles. The molecule has 0 aromatic rings. The molecule has 0 radical (unpaired) electrons. The van der Waals surface area contributed by atoms with Gasteiger partial charge in [0.05, 0.1) is 13.4 Å². The van der Waals surface area contributed by atoms with Crippen LogP contribution in [-0.4, -0.2) is 60.0 Å². The van der Waals surface area contributed by atoms with Crippen LogP contribution in [0.1, 0.15) is 0 Å². The summed E-state index contributed by atoms with van der Waals surface area (Å²) in [7, 11) is 7.72. The van der Waals surface area contributed by atoms with E-state index in [9.17, 15) is 0 Å². The highest BCUT2D eigenvalue weighted by Gasteiger charge is 1.99. The smallest absolute Gasteiger partial charge is 0.259 e. The topological polar surface area (TPSA) is 27.7 Å². The second-order valence-electron chi connectivity index (χ2n) is 2.78. The predicted molar refractivity (Wildman–Crippen MR) is 51.4 cm³/mol. The van der Waals surface area contributed by atoms with Crippen molar-refractivity contribution >= 4 is 16.0 Å². The van der Waals surface area contributed by atoms with Gasteiger partial charge in [-0.25, -0.2) is 0 Å². The van der Waals surface area contributed by atoms with Crippen LogP contribution in [0.3, 0.4) is 0 Å². The van der Waals surface area contributed by atoms with E-state index >= 15 is 0 Å². The highest BCUT2D eigenvalue weighted by molar-refractivity contribution is 6.04. The first-order chi connectivity index (χ1) is 5.20. The molecule has 0 saturated carbocycles. The van der Waals surface area contributed by atoms with Crippen LogP contribution >= 0.6 is 0 Å². The summed E-state index contributed by atoms with van der Waals surface area (Å²) in [4.78, 5) is 4.26. The molecule has 0 saturated heterocycles. The van der Waals surface area contributed by atoms with E-state index in [1.165, 1.54) is 0 Å². The lowest BCUT2D eigenvalue weighted by Crippen LogP contribution is -2.38. The molecule has 0 bridgehead atoms. The summed E-state index contributed by atoms with van der Waals surface area (Å²) in [6.07, 6.45) is 0. The molecule has 0 fully saturated rings. The lowest BCUT2D eigenvalue weighted by Gasteiger charge is -2.23. The van der Waals surface area contributed by atoms with Crippen molar-refractivity contribution in [3.63, 3.8) is 0 Å². The summed E-state index contributed by atoms with van der Waals surface area (Å²) in [5.74, 6) is 0. The van der Waals surface area contributed by atoms with Gasteiger partial charge in [-0.1, -0.05) is 0 Å². The molecule has 0 unspecified atom stereocenters. The zero-order valence-corrected chi connectivity index (χ0v) is 7.92. The first-order valence-electron chi connectivity index (χ1n) is 3.71. The Bertz CT molecular complexity index is 85.8. The molecule has 64 valence electrons. The van der Waals surface area contributed by atoms with Crippen LogP contribution < -0.4 is 5.23 Å². The van der Waals surface area contributed by atoms with Crippen LogP contribution in [0.15, 0.2) is 0 Å². The Morgan fingerprint density at radius 1 is 1.36 bits per heavy atom. The van der Waals surface area contributed by atoms with Gasteiger partial charge < -0.3 is 9.88 Å². The van der Waals surface area contributed by atoms with Crippen LogP contribution in [0, 0.1) is 0 Å². The van der Waals surface area contributed by atoms with Crippen LogP contribution in [0.2, 0.25) is 0 Å². The number of nitrogens with one attached hydrogen (secondary N) is 1. The molecule has 11 heavy (non-hydrogen) atoms. The lowest BCUT2D eigenvalue weighted by atomic mass is 10.4. The van der Waals surface area contributed by atoms with Gasteiger partial charge in [-0.3, -0.25) is 9.80 Å². The molecular formula is C5H17B2N3O. The zero-order valence-electron chi connectivity index (χ0n) is 7.92. The number of hydrogen-bond donors (Lipinski definition) is 1. The Balaban J connectivity index is 3.32. The molecule has 0 rings (SSSR count). The van der Waals surface area contributed by atoms with Gasteiger partial charge in [0, 0.05) is 6.67 Å². The molecular weight excluding hydrogens is 140 g/mol. The minimum atomic E-state index is 0.675. The summed E-state index contributed by atoms with van der Waals surface area (Å²) < 4.78 is 4.96. The van der Waals surface area contributed by atoms with E-state index in [1.807, 2.05) is 15.0 Å². The second kappa shape index (κ2) is 6.67. The Morgan fingerprint density at radius 3 is 2.45 bits per heavy atom. The maximum absolute atomic E-state index is 4.96. The first-order valence-corrected chi connectivity index (χ1v) is 3.71. The van der Waals surface area contributed by atoms with Gasteiger partial charge in [-0.2, -0.15) is 0 Å². The first kappa shape index (κ1) is 11.0. The fourth-order valence-electron chi connectivity index (χ4n) is 0.993. The second-order valence-corrected chi connectivity index (χ2v) is 2.78. The molecule has 0 atom stereocenters. The van der Waals surface area contributed by atoms with Crippen molar-refractivity contribution in [2.45, 2.75) is 0 Å². The standard InChI is InChI=1S/C5H17B2N3O/c1-9(3-8-6)4-10(2)5-11-7/h8H,3-7H2,1-2H3. The van der Waals surface area contributed by atoms with Gasteiger partial charge in [-0.05, 0) is 14.1 Å². The fourth-order valence-corrected chi connectivity index (χ4v) is 0.993. The van der Waals surface area contributed by atoms with Crippen molar-refractivity contribution in [1.29, 1.82) is 0 Å². The molecule has 0 aliphatic heterocycles. The summed E-state index contributed by atoms with van der Waals surface area (Å²) in [5, 5.41) is 3.07. The van der Waals surface area contributed by atoms with Gasteiger partial charge in [0.15, 0.2) is 7.98 Å². The average Bonchev–Trinajstić information content (AvgIpc) is 1.87. The Hall–Kier alpha value is -0.0301. The van der Waals surface area contributed by atoms with Gasteiger partial charge in [0.1, 0.15) is 0 Å². The predicted octanol–water partition coefficient (Wildman–Crippen LogP) is -2.58. The van der Waals surface area contributed by atoms with Crippen molar-refractivity contribution in [3.05, 3.63) is 0 Å². The van der Waals surface area contributed by atoms with Crippen molar-refractivity contribution < 1.29 is 4.65 Å². The van der Waals surface area contributed by atoms with E-state index in [0.717, 1.165) is 13.3 Å². The van der Waals surface area contributed by atoms with Crippen LogP contribution in [0.25, 0.3) is 0 Å². The van der Waals surface area contributed by atoms with Gasteiger partial charge >= 0.3 is 0 Å². The minimum Gasteiger partial charge on any atom is -0.432 e. The van der Waals surface area contributed by atoms with Crippen LogP contribution in [0.5, 0.6) is 0 Å². The average molecular weight is 157 g/mol. The molecule has 0 aliphatic rings. The molecule has 4 nitrogen and oxygen atoms in total. The van der Waals surface area contributed by atoms with Crippen molar-refractivity contribution in [3.8, 4) is 0 Å². The summed E-state index contributed by atoms with van der Waals surface area (Å²) in [6.45, 7) is 2.48. The maximum Gasteiger partial charge on any atom is 0.259 e. The van der Waals surface area contributed by atoms with Crippen LogP contribution in [0.4, 0.5) is 0 Å². The Kier molecular flexibility index (Phi) is 6.65.